The van der Waals surface area contributed by atoms with Crippen molar-refractivity contribution in [3.8, 4) is 11.6 Å². The molecule has 0 unspecified atom stereocenters. The quantitative estimate of drug-likeness (QED) is 0.834. The van der Waals surface area contributed by atoms with Crippen molar-refractivity contribution in [1.29, 1.82) is 0 Å². The highest BCUT2D eigenvalue weighted by Gasteiger charge is 2.19. The van der Waals surface area contributed by atoms with Crippen molar-refractivity contribution in [3.05, 3.63) is 16.8 Å². The molecule has 16 heavy (non-hydrogen) atoms. The minimum Gasteiger partial charge on any atom is -0.506 e. The smallest absolute Gasteiger partial charge is 0.217 e. The van der Waals surface area contributed by atoms with Crippen molar-refractivity contribution in [2.75, 3.05) is 0 Å². The molecule has 0 amide bonds. The maximum atomic E-state index is 9.75. The predicted molar refractivity (Wildman–Crippen MR) is 63.0 cm³/mol. The Kier molecular flexibility index (Phi) is 3.03. The fourth-order valence-corrected chi connectivity index (χ4v) is 2.18. The van der Waals surface area contributed by atoms with Crippen LogP contribution in [0.25, 0.3) is 0 Å². The van der Waals surface area contributed by atoms with Crippen LogP contribution >= 0.6 is 0 Å². The van der Waals surface area contributed by atoms with Gasteiger partial charge < -0.3 is 9.84 Å². The van der Waals surface area contributed by atoms with E-state index in [1.54, 1.807) is 0 Å². The van der Waals surface area contributed by atoms with Gasteiger partial charge in [-0.2, -0.15) is 0 Å². The number of hydrogen-bond donors (Lipinski definition) is 1. The van der Waals surface area contributed by atoms with Gasteiger partial charge in [0, 0.05) is 11.1 Å². The Morgan fingerprint density at radius 2 is 1.75 bits per heavy atom. The summed E-state index contributed by atoms with van der Waals surface area (Å²) in [7, 11) is 0. The molecule has 1 saturated carbocycles. The molecule has 1 fully saturated rings. The lowest BCUT2D eigenvalue weighted by Gasteiger charge is -2.16. The van der Waals surface area contributed by atoms with Gasteiger partial charge in [0.1, 0.15) is 11.9 Å². The molecular weight excluding hydrogens is 202 g/mol. The molecule has 0 aromatic carbocycles. The first-order valence-electron chi connectivity index (χ1n) is 5.93. The minimum absolute atomic E-state index is 0.288. The van der Waals surface area contributed by atoms with Gasteiger partial charge in [-0.05, 0) is 46.5 Å². The number of aromatic nitrogens is 1. The molecule has 0 bridgehead atoms. The van der Waals surface area contributed by atoms with Gasteiger partial charge in [0.2, 0.25) is 5.88 Å². The molecule has 0 radical (unpaired) electrons. The highest BCUT2D eigenvalue weighted by atomic mass is 16.5. The molecule has 0 saturated heterocycles. The van der Waals surface area contributed by atoms with E-state index >= 15 is 0 Å². The SMILES string of the molecule is Cc1nc(OC2CCCC2)c(C)c(C)c1O. The van der Waals surface area contributed by atoms with E-state index in [1.165, 1.54) is 12.8 Å². The van der Waals surface area contributed by atoms with Crippen LogP contribution in [-0.2, 0) is 0 Å². The van der Waals surface area contributed by atoms with Crippen LogP contribution < -0.4 is 4.74 Å². The van der Waals surface area contributed by atoms with Crippen LogP contribution in [-0.4, -0.2) is 16.2 Å². The van der Waals surface area contributed by atoms with Crippen LogP contribution in [0.15, 0.2) is 0 Å². The lowest BCUT2D eigenvalue weighted by Crippen LogP contribution is -2.13. The van der Waals surface area contributed by atoms with Crippen molar-refractivity contribution < 1.29 is 9.84 Å². The van der Waals surface area contributed by atoms with Gasteiger partial charge in [-0.15, -0.1) is 0 Å². The standard InChI is InChI=1S/C13H19NO2/c1-8-9(2)13(14-10(3)12(8)15)16-11-6-4-5-7-11/h11,15H,4-7H2,1-3H3. The second kappa shape index (κ2) is 4.32. The van der Waals surface area contributed by atoms with Gasteiger partial charge >= 0.3 is 0 Å². The fraction of sp³-hybridized carbons (Fsp3) is 0.615. The van der Waals surface area contributed by atoms with E-state index < -0.39 is 0 Å². The monoisotopic (exact) mass is 221 g/mol. The Morgan fingerprint density at radius 1 is 1.12 bits per heavy atom. The third-order valence-electron chi connectivity index (χ3n) is 3.43. The van der Waals surface area contributed by atoms with Crippen LogP contribution in [0.5, 0.6) is 11.6 Å². The van der Waals surface area contributed by atoms with Gasteiger partial charge in [0.25, 0.3) is 0 Å². The van der Waals surface area contributed by atoms with Crippen LogP contribution in [0, 0.1) is 20.8 Å². The minimum atomic E-state index is 0.288. The Hall–Kier alpha value is -1.25. The summed E-state index contributed by atoms with van der Waals surface area (Å²) in [6.07, 6.45) is 5.06. The van der Waals surface area contributed by atoms with Crippen molar-refractivity contribution in [2.24, 2.45) is 0 Å². The molecule has 0 spiro atoms. The Balaban J connectivity index is 2.26. The molecule has 3 nitrogen and oxygen atoms in total. The fourth-order valence-electron chi connectivity index (χ4n) is 2.18. The number of aryl methyl sites for hydroxylation is 1. The number of ether oxygens (including phenoxy) is 1. The second-order valence-corrected chi connectivity index (χ2v) is 4.63. The van der Waals surface area contributed by atoms with Crippen LogP contribution in [0.3, 0.4) is 0 Å². The average molecular weight is 221 g/mol. The van der Waals surface area contributed by atoms with Crippen molar-refractivity contribution in [2.45, 2.75) is 52.6 Å². The molecule has 0 aliphatic heterocycles. The number of nitrogens with zero attached hydrogens (tertiary/aromatic N) is 1. The lowest BCUT2D eigenvalue weighted by atomic mass is 10.1. The number of hydrogen-bond acceptors (Lipinski definition) is 3. The van der Waals surface area contributed by atoms with Gasteiger partial charge in [-0.1, -0.05) is 0 Å². The van der Waals surface area contributed by atoms with E-state index in [1.807, 2.05) is 20.8 Å². The second-order valence-electron chi connectivity index (χ2n) is 4.63. The Bertz CT molecular complexity index is 395. The zero-order valence-electron chi connectivity index (χ0n) is 10.2. The molecule has 1 N–H and O–H groups in total. The van der Waals surface area contributed by atoms with Crippen LogP contribution in [0.1, 0.15) is 42.5 Å². The molecule has 3 heteroatoms. The summed E-state index contributed by atoms with van der Waals surface area (Å²) in [6, 6.07) is 0. The maximum Gasteiger partial charge on any atom is 0.217 e. The molecular formula is C13H19NO2. The lowest BCUT2D eigenvalue weighted by molar-refractivity contribution is 0.199. The number of aromatic hydroxyl groups is 1. The van der Waals surface area contributed by atoms with Gasteiger partial charge in [-0.3, -0.25) is 0 Å². The predicted octanol–water partition coefficient (Wildman–Crippen LogP) is 3.03. The first-order chi connectivity index (χ1) is 7.59. The zero-order valence-corrected chi connectivity index (χ0v) is 10.2. The largest absolute Gasteiger partial charge is 0.506 e. The van der Waals surface area contributed by atoms with E-state index in [0.29, 0.717) is 17.7 Å². The van der Waals surface area contributed by atoms with E-state index in [9.17, 15) is 5.11 Å². The summed E-state index contributed by atoms with van der Waals surface area (Å²) in [5, 5.41) is 9.75. The zero-order chi connectivity index (χ0) is 11.7. The Labute approximate surface area is 96.5 Å². The van der Waals surface area contributed by atoms with E-state index in [4.69, 9.17) is 4.74 Å². The molecule has 1 aromatic rings. The summed E-state index contributed by atoms with van der Waals surface area (Å²) in [6.45, 7) is 5.66. The number of pyridine rings is 1. The normalized spacial score (nSPS) is 16.7. The third-order valence-corrected chi connectivity index (χ3v) is 3.43. The Morgan fingerprint density at radius 3 is 2.38 bits per heavy atom. The summed E-state index contributed by atoms with van der Waals surface area (Å²) in [5.41, 5.74) is 2.48. The van der Waals surface area contributed by atoms with Gasteiger partial charge in [-0.25, -0.2) is 4.98 Å². The third kappa shape index (κ3) is 1.99. The van der Waals surface area contributed by atoms with E-state index in [-0.39, 0.29) is 5.75 Å². The van der Waals surface area contributed by atoms with E-state index in [2.05, 4.69) is 4.98 Å². The van der Waals surface area contributed by atoms with Crippen molar-refractivity contribution in [1.82, 2.24) is 4.98 Å². The van der Waals surface area contributed by atoms with Crippen molar-refractivity contribution >= 4 is 0 Å². The summed E-state index contributed by atoms with van der Waals surface area (Å²) >= 11 is 0. The molecule has 1 heterocycles. The molecule has 1 aliphatic carbocycles. The molecule has 0 atom stereocenters. The molecule has 1 aromatic heterocycles. The molecule has 2 rings (SSSR count). The van der Waals surface area contributed by atoms with Crippen LogP contribution in [0.2, 0.25) is 0 Å². The molecule has 1 aliphatic rings. The first-order valence-corrected chi connectivity index (χ1v) is 5.93. The summed E-state index contributed by atoms with van der Waals surface area (Å²) in [4.78, 5) is 4.32. The highest BCUT2D eigenvalue weighted by molar-refractivity contribution is 5.45. The summed E-state index contributed by atoms with van der Waals surface area (Å²) < 4.78 is 5.90. The van der Waals surface area contributed by atoms with Gasteiger partial charge in [0.15, 0.2) is 0 Å². The maximum absolute atomic E-state index is 9.75. The molecule has 88 valence electrons. The first kappa shape index (κ1) is 11.2. The van der Waals surface area contributed by atoms with E-state index in [0.717, 1.165) is 24.0 Å². The number of rotatable bonds is 2. The van der Waals surface area contributed by atoms with Crippen LogP contribution in [0.4, 0.5) is 0 Å². The van der Waals surface area contributed by atoms with Gasteiger partial charge in [0.05, 0.1) is 5.69 Å². The average Bonchev–Trinajstić information content (AvgIpc) is 2.76. The highest BCUT2D eigenvalue weighted by Crippen LogP contribution is 2.31. The summed E-state index contributed by atoms with van der Waals surface area (Å²) in [5.74, 6) is 0.982. The van der Waals surface area contributed by atoms with Crippen molar-refractivity contribution in [3.63, 3.8) is 0 Å². The topological polar surface area (TPSA) is 42.4 Å².